The zero-order valence-corrected chi connectivity index (χ0v) is 11.6. The lowest BCUT2D eigenvalue weighted by Crippen LogP contribution is -2.15. The Morgan fingerprint density at radius 3 is 2.95 bits per heavy atom. The molecule has 0 unspecified atom stereocenters. The Labute approximate surface area is 122 Å². The molecule has 3 rings (SSSR count). The van der Waals surface area contributed by atoms with Crippen molar-refractivity contribution in [1.82, 2.24) is 20.3 Å². The van der Waals surface area contributed by atoms with E-state index in [2.05, 4.69) is 15.6 Å². The van der Waals surface area contributed by atoms with Crippen LogP contribution >= 0.6 is 0 Å². The Kier molecular flexibility index (Phi) is 3.92. The first-order chi connectivity index (χ1) is 10.2. The molecule has 1 aliphatic carbocycles. The van der Waals surface area contributed by atoms with Gasteiger partial charge in [0.25, 0.3) is 5.69 Å². The summed E-state index contributed by atoms with van der Waals surface area (Å²) >= 11 is 0. The van der Waals surface area contributed by atoms with Gasteiger partial charge in [-0.2, -0.15) is 0 Å². The lowest BCUT2D eigenvalue weighted by atomic mass is 10.1. The zero-order valence-electron chi connectivity index (χ0n) is 11.6. The third kappa shape index (κ3) is 3.63. The maximum absolute atomic E-state index is 11.0. The van der Waals surface area contributed by atoms with E-state index in [1.807, 2.05) is 12.3 Å². The van der Waals surface area contributed by atoms with Gasteiger partial charge in [0.05, 0.1) is 10.6 Å². The molecule has 21 heavy (non-hydrogen) atoms. The lowest BCUT2D eigenvalue weighted by Gasteiger charge is -2.02. The summed E-state index contributed by atoms with van der Waals surface area (Å²) in [5.41, 5.74) is 1.79. The number of nitro benzene ring substituents is 1. The standard InChI is InChI=1S/C14H17N5O2/c20-19(21)14-4-2-1-3-11(14)7-8-18-10-13(16-17-18)9-15-12-5-6-12/h1-4,10,12,15H,5-9H2. The normalized spacial score (nSPS) is 14.3. The number of para-hydroxylation sites is 1. The predicted molar refractivity (Wildman–Crippen MR) is 76.7 cm³/mol. The van der Waals surface area contributed by atoms with Crippen LogP contribution < -0.4 is 5.32 Å². The topological polar surface area (TPSA) is 85.9 Å². The minimum absolute atomic E-state index is 0.160. The molecule has 0 radical (unpaired) electrons. The van der Waals surface area contributed by atoms with Crippen molar-refractivity contribution in [2.45, 2.75) is 38.4 Å². The number of hydrogen-bond acceptors (Lipinski definition) is 5. The van der Waals surface area contributed by atoms with Crippen LogP contribution in [0.1, 0.15) is 24.1 Å². The summed E-state index contributed by atoms with van der Waals surface area (Å²) in [4.78, 5) is 10.6. The fourth-order valence-electron chi connectivity index (χ4n) is 2.20. The molecular formula is C14H17N5O2. The lowest BCUT2D eigenvalue weighted by molar-refractivity contribution is -0.385. The molecule has 0 aliphatic heterocycles. The number of benzene rings is 1. The monoisotopic (exact) mass is 287 g/mol. The molecule has 1 N–H and O–H groups in total. The largest absolute Gasteiger partial charge is 0.308 e. The summed E-state index contributed by atoms with van der Waals surface area (Å²) in [6.07, 6.45) is 4.94. The summed E-state index contributed by atoms with van der Waals surface area (Å²) in [5, 5.41) is 22.5. The molecule has 0 saturated heterocycles. The van der Waals surface area contributed by atoms with E-state index in [1.165, 1.54) is 18.9 Å². The number of nitro groups is 1. The van der Waals surface area contributed by atoms with Crippen molar-refractivity contribution in [3.63, 3.8) is 0 Å². The molecule has 0 spiro atoms. The Hall–Kier alpha value is -2.28. The van der Waals surface area contributed by atoms with Gasteiger partial charge < -0.3 is 5.32 Å². The Morgan fingerprint density at radius 1 is 1.38 bits per heavy atom. The fourth-order valence-corrected chi connectivity index (χ4v) is 2.20. The second-order valence-electron chi connectivity index (χ2n) is 5.26. The van der Waals surface area contributed by atoms with Crippen molar-refractivity contribution >= 4 is 5.69 Å². The SMILES string of the molecule is O=[N+]([O-])c1ccccc1CCn1cc(CNC2CC2)nn1. The number of nitrogens with one attached hydrogen (secondary N) is 1. The quantitative estimate of drug-likeness (QED) is 0.618. The van der Waals surface area contributed by atoms with Crippen LogP contribution in [0.3, 0.4) is 0 Å². The van der Waals surface area contributed by atoms with E-state index >= 15 is 0 Å². The van der Waals surface area contributed by atoms with Gasteiger partial charge in [-0.25, -0.2) is 0 Å². The van der Waals surface area contributed by atoms with Gasteiger partial charge in [0.2, 0.25) is 0 Å². The Bertz CT molecular complexity index is 636. The highest BCUT2D eigenvalue weighted by molar-refractivity contribution is 5.39. The second kappa shape index (κ2) is 6.01. The van der Waals surface area contributed by atoms with Crippen LogP contribution in [0, 0.1) is 10.1 Å². The molecule has 1 heterocycles. The van der Waals surface area contributed by atoms with Crippen LogP contribution in [0.5, 0.6) is 0 Å². The second-order valence-corrected chi connectivity index (χ2v) is 5.26. The fraction of sp³-hybridized carbons (Fsp3) is 0.429. The molecule has 1 saturated carbocycles. The van der Waals surface area contributed by atoms with Crippen molar-refractivity contribution in [3.8, 4) is 0 Å². The van der Waals surface area contributed by atoms with Gasteiger partial charge in [0, 0.05) is 37.0 Å². The maximum atomic E-state index is 11.0. The first-order valence-electron chi connectivity index (χ1n) is 7.07. The van der Waals surface area contributed by atoms with Crippen molar-refractivity contribution in [2.75, 3.05) is 0 Å². The summed E-state index contributed by atoms with van der Waals surface area (Å²) in [7, 11) is 0. The predicted octanol–water partition coefficient (Wildman–Crippen LogP) is 1.68. The minimum atomic E-state index is -0.346. The van der Waals surface area contributed by atoms with Crippen molar-refractivity contribution in [1.29, 1.82) is 0 Å². The van der Waals surface area contributed by atoms with E-state index in [0.717, 1.165) is 17.8 Å². The van der Waals surface area contributed by atoms with Crippen molar-refractivity contribution < 1.29 is 4.92 Å². The number of nitrogens with zero attached hydrogens (tertiary/aromatic N) is 4. The van der Waals surface area contributed by atoms with Gasteiger partial charge in [0.1, 0.15) is 0 Å². The molecule has 0 atom stereocenters. The van der Waals surface area contributed by atoms with E-state index in [-0.39, 0.29) is 10.6 Å². The summed E-state index contributed by atoms with van der Waals surface area (Å²) in [6.45, 7) is 1.32. The summed E-state index contributed by atoms with van der Waals surface area (Å²) < 4.78 is 1.74. The van der Waals surface area contributed by atoms with Gasteiger partial charge in [-0.1, -0.05) is 23.4 Å². The third-order valence-corrected chi connectivity index (χ3v) is 3.53. The maximum Gasteiger partial charge on any atom is 0.272 e. The molecule has 110 valence electrons. The average Bonchev–Trinajstić information content (AvgIpc) is 3.21. The molecular weight excluding hydrogens is 270 g/mol. The van der Waals surface area contributed by atoms with Crippen molar-refractivity contribution in [3.05, 3.63) is 51.8 Å². The Morgan fingerprint density at radius 2 is 2.19 bits per heavy atom. The average molecular weight is 287 g/mol. The number of aromatic nitrogens is 3. The van der Waals surface area contributed by atoms with Crippen LogP contribution in [0.25, 0.3) is 0 Å². The molecule has 0 amide bonds. The molecule has 1 aromatic carbocycles. The number of hydrogen-bond donors (Lipinski definition) is 1. The van der Waals surface area contributed by atoms with Gasteiger partial charge in [-0.05, 0) is 19.3 Å². The summed E-state index contributed by atoms with van der Waals surface area (Å²) in [5.74, 6) is 0. The summed E-state index contributed by atoms with van der Waals surface area (Å²) in [6, 6.07) is 7.45. The van der Waals surface area contributed by atoms with Crippen LogP contribution in [0.2, 0.25) is 0 Å². The third-order valence-electron chi connectivity index (χ3n) is 3.53. The molecule has 1 fully saturated rings. The van der Waals surface area contributed by atoms with Crippen LogP contribution in [0.15, 0.2) is 30.5 Å². The smallest absolute Gasteiger partial charge is 0.272 e. The van der Waals surface area contributed by atoms with Crippen molar-refractivity contribution in [2.24, 2.45) is 0 Å². The molecule has 1 aromatic heterocycles. The first kappa shape index (κ1) is 13.7. The zero-order chi connectivity index (χ0) is 14.7. The van der Waals surface area contributed by atoms with E-state index in [4.69, 9.17) is 0 Å². The van der Waals surface area contributed by atoms with Crippen LogP contribution in [-0.2, 0) is 19.5 Å². The van der Waals surface area contributed by atoms with Gasteiger partial charge in [-0.3, -0.25) is 14.8 Å². The van der Waals surface area contributed by atoms with Crippen LogP contribution in [0.4, 0.5) is 5.69 Å². The number of rotatable bonds is 7. The number of aryl methyl sites for hydroxylation is 2. The van der Waals surface area contributed by atoms with E-state index in [0.29, 0.717) is 19.0 Å². The highest BCUT2D eigenvalue weighted by atomic mass is 16.6. The minimum Gasteiger partial charge on any atom is -0.308 e. The Balaban J connectivity index is 1.58. The van der Waals surface area contributed by atoms with Gasteiger partial charge >= 0.3 is 0 Å². The molecule has 7 nitrogen and oxygen atoms in total. The first-order valence-corrected chi connectivity index (χ1v) is 7.07. The van der Waals surface area contributed by atoms with Gasteiger partial charge in [-0.15, -0.1) is 5.10 Å². The highest BCUT2D eigenvalue weighted by Crippen LogP contribution is 2.19. The van der Waals surface area contributed by atoms with E-state index in [9.17, 15) is 10.1 Å². The van der Waals surface area contributed by atoms with E-state index in [1.54, 1.807) is 16.8 Å². The molecule has 2 aromatic rings. The molecule has 7 heteroatoms. The molecule has 0 bridgehead atoms. The van der Waals surface area contributed by atoms with E-state index < -0.39 is 0 Å². The molecule has 1 aliphatic rings. The van der Waals surface area contributed by atoms with Gasteiger partial charge in [0.15, 0.2) is 0 Å². The van der Waals surface area contributed by atoms with Crippen LogP contribution in [-0.4, -0.2) is 26.0 Å². The highest BCUT2D eigenvalue weighted by Gasteiger charge is 2.20.